The van der Waals surface area contributed by atoms with Crippen molar-refractivity contribution in [2.75, 3.05) is 25.6 Å². The van der Waals surface area contributed by atoms with E-state index < -0.39 is 24.8 Å². The smallest absolute Gasteiger partial charge is 0.422 e. The summed E-state index contributed by atoms with van der Waals surface area (Å²) in [6.07, 6.45) is -0.270. The zero-order valence-corrected chi connectivity index (χ0v) is 25.4. The fraction of sp³-hybridized carbons (Fsp3) is 0.516. The Morgan fingerprint density at radius 3 is 2.58 bits per heavy atom. The minimum atomic E-state index is -4.62. The van der Waals surface area contributed by atoms with Gasteiger partial charge in [0.1, 0.15) is 11.6 Å². The highest BCUT2D eigenvalue weighted by molar-refractivity contribution is 6.06. The molecule has 1 aliphatic heterocycles. The fourth-order valence-corrected chi connectivity index (χ4v) is 4.57. The van der Waals surface area contributed by atoms with Gasteiger partial charge in [0.2, 0.25) is 0 Å². The monoisotopic (exact) mass is 603 g/mol. The molecule has 1 aliphatic rings. The number of anilines is 1. The van der Waals surface area contributed by atoms with E-state index in [4.69, 9.17) is 4.74 Å². The highest BCUT2D eigenvalue weighted by atomic mass is 19.4. The number of nitrogens with one attached hydrogen (secondary N) is 1. The Morgan fingerprint density at radius 1 is 1.14 bits per heavy atom. The number of halogens is 3. The second-order valence-electron chi connectivity index (χ2n) is 10.6. The Hall–Kier alpha value is -3.96. The van der Waals surface area contributed by atoms with Gasteiger partial charge in [-0.15, -0.1) is 0 Å². The van der Waals surface area contributed by atoms with Gasteiger partial charge in [0.15, 0.2) is 6.61 Å². The van der Waals surface area contributed by atoms with Gasteiger partial charge in [-0.25, -0.2) is 9.78 Å². The van der Waals surface area contributed by atoms with Gasteiger partial charge in [0.25, 0.3) is 5.91 Å². The molecule has 3 rings (SSSR count). The first-order valence-corrected chi connectivity index (χ1v) is 14.5. The lowest BCUT2D eigenvalue weighted by atomic mass is 9.96. The molecule has 1 aromatic heterocycles. The largest absolute Gasteiger partial charge is 0.496 e. The number of alkyl halides is 3. The number of methoxy groups -OCH3 is 1. The van der Waals surface area contributed by atoms with Crippen molar-refractivity contribution in [3.8, 4) is 5.75 Å². The van der Waals surface area contributed by atoms with Gasteiger partial charge < -0.3 is 19.7 Å². The van der Waals surface area contributed by atoms with Crippen molar-refractivity contribution < 1.29 is 32.2 Å². The van der Waals surface area contributed by atoms with E-state index in [-0.39, 0.29) is 24.6 Å². The summed E-state index contributed by atoms with van der Waals surface area (Å²) in [5.74, 6) is 0.222. The Kier molecular flexibility index (Phi) is 12.1. The van der Waals surface area contributed by atoms with Crippen LogP contribution < -0.4 is 10.1 Å². The highest BCUT2D eigenvalue weighted by Gasteiger charge is 2.32. The normalized spacial score (nSPS) is 14.7. The van der Waals surface area contributed by atoms with Crippen molar-refractivity contribution in [1.29, 1.82) is 0 Å². The van der Waals surface area contributed by atoms with Crippen molar-refractivity contribution in [3.05, 3.63) is 52.7 Å². The molecule has 12 heteroatoms. The Bertz CT molecular complexity index is 1340. The summed E-state index contributed by atoms with van der Waals surface area (Å²) < 4.78 is 47.4. The minimum Gasteiger partial charge on any atom is -0.496 e. The second kappa shape index (κ2) is 15.5. The van der Waals surface area contributed by atoms with Gasteiger partial charge in [-0.3, -0.25) is 4.79 Å². The van der Waals surface area contributed by atoms with Crippen LogP contribution >= 0.6 is 0 Å². The van der Waals surface area contributed by atoms with Crippen LogP contribution in [0.15, 0.2) is 40.5 Å². The SMILES string of the molecule is CCCCC/C(C)=N/N=C(/c1cccc(NC(=O)c2cc3c(cc2OC)CCN(C(=O)OCC(F)(F)F)C3)n1)C(C)CC. The molecule has 1 atom stereocenters. The summed E-state index contributed by atoms with van der Waals surface area (Å²) in [6, 6.07) is 8.56. The molecule has 0 radical (unpaired) electrons. The molecule has 2 amide bonds. The molecule has 2 aromatic rings. The molecule has 234 valence electrons. The van der Waals surface area contributed by atoms with E-state index in [1.54, 1.807) is 24.3 Å². The van der Waals surface area contributed by atoms with Gasteiger partial charge in [0.05, 0.1) is 24.1 Å². The number of carbonyl (C=O) groups is 2. The number of nitrogens with zero attached hydrogens (tertiary/aromatic N) is 4. The molecule has 43 heavy (non-hydrogen) atoms. The van der Waals surface area contributed by atoms with Crippen molar-refractivity contribution >= 4 is 29.2 Å². The number of pyridine rings is 1. The molecule has 0 spiro atoms. The maximum atomic E-state index is 13.4. The molecule has 0 saturated heterocycles. The summed E-state index contributed by atoms with van der Waals surface area (Å²) in [5, 5.41) is 11.8. The van der Waals surface area contributed by atoms with Crippen molar-refractivity contribution in [3.63, 3.8) is 0 Å². The molecular formula is C31H40F3N5O4. The zero-order valence-electron chi connectivity index (χ0n) is 25.4. The molecule has 1 aromatic carbocycles. The number of amides is 2. The maximum Gasteiger partial charge on any atom is 0.422 e. The molecule has 0 saturated carbocycles. The van der Waals surface area contributed by atoms with Crippen molar-refractivity contribution in [2.24, 2.45) is 16.1 Å². The lowest BCUT2D eigenvalue weighted by molar-refractivity contribution is -0.162. The van der Waals surface area contributed by atoms with Crippen molar-refractivity contribution in [2.45, 2.75) is 78.9 Å². The van der Waals surface area contributed by atoms with E-state index in [9.17, 15) is 22.8 Å². The summed E-state index contributed by atoms with van der Waals surface area (Å²) in [7, 11) is 1.45. The van der Waals surface area contributed by atoms with Crippen LogP contribution in [0.3, 0.4) is 0 Å². The van der Waals surface area contributed by atoms with E-state index in [0.717, 1.165) is 49.1 Å². The van der Waals surface area contributed by atoms with Crippen LogP contribution in [0.4, 0.5) is 23.8 Å². The maximum absolute atomic E-state index is 13.4. The van der Waals surface area contributed by atoms with E-state index in [1.807, 2.05) is 19.9 Å². The molecular weight excluding hydrogens is 563 g/mol. The standard InChI is InChI=1S/C31H40F3N5O4/c1-6-8-9-11-21(4)37-38-28(20(3)7-2)25-12-10-13-27(35-25)36-29(40)24-16-23-18-39(30(41)43-19-31(32,33)34)15-14-22(23)17-26(24)42-5/h10,12-13,16-17,20H,6-9,11,14-15,18-19H2,1-5H3,(H,35,36,40)/b37-21+,38-28+. The number of unbranched alkanes of at least 4 members (excludes halogenated alkanes) is 2. The van der Waals surface area contributed by atoms with E-state index >= 15 is 0 Å². The van der Waals surface area contributed by atoms with Crippen LogP contribution in [0.5, 0.6) is 5.75 Å². The van der Waals surface area contributed by atoms with Gasteiger partial charge in [-0.05, 0) is 68.0 Å². The van der Waals surface area contributed by atoms with Gasteiger partial charge in [-0.2, -0.15) is 23.4 Å². The number of hydrogen-bond acceptors (Lipinski definition) is 7. The fourth-order valence-electron chi connectivity index (χ4n) is 4.57. The molecule has 1 N–H and O–H groups in total. The molecule has 2 heterocycles. The van der Waals surface area contributed by atoms with E-state index in [0.29, 0.717) is 29.2 Å². The highest BCUT2D eigenvalue weighted by Crippen LogP contribution is 2.29. The lowest BCUT2D eigenvalue weighted by Gasteiger charge is -2.29. The predicted octanol–water partition coefficient (Wildman–Crippen LogP) is 7.19. The molecule has 0 aliphatic carbocycles. The Labute approximate surface area is 250 Å². The first-order chi connectivity index (χ1) is 20.4. The van der Waals surface area contributed by atoms with Crippen LogP contribution in [-0.2, 0) is 17.7 Å². The van der Waals surface area contributed by atoms with Crippen LogP contribution in [0.2, 0.25) is 0 Å². The van der Waals surface area contributed by atoms with Gasteiger partial charge in [0, 0.05) is 24.7 Å². The van der Waals surface area contributed by atoms with Gasteiger partial charge >= 0.3 is 12.3 Å². The molecule has 1 unspecified atom stereocenters. The topological polar surface area (TPSA) is 105 Å². The summed E-state index contributed by atoms with van der Waals surface area (Å²) in [6.45, 7) is 6.74. The van der Waals surface area contributed by atoms with Crippen molar-refractivity contribution in [1.82, 2.24) is 9.88 Å². The van der Waals surface area contributed by atoms with Crippen LogP contribution in [-0.4, -0.2) is 59.7 Å². The number of benzene rings is 1. The average Bonchev–Trinajstić information content (AvgIpc) is 2.98. The third kappa shape index (κ3) is 9.79. The Balaban J connectivity index is 1.81. The van der Waals surface area contributed by atoms with Crippen LogP contribution in [0.25, 0.3) is 0 Å². The summed E-state index contributed by atoms with van der Waals surface area (Å²) in [5.41, 5.74) is 3.90. The molecule has 0 fully saturated rings. The van der Waals surface area contributed by atoms with E-state index in [1.165, 1.54) is 12.0 Å². The number of carbonyl (C=O) groups excluding carboxylic acids is 2. The number of rotatable bonds is 12. The lowest BCUT2D eigenvalue weighted by Crippen LogP contribution is -2.38. The van der Waals surface area contributed by atoms with Gasteiger partial charge in [-0.1, -0.05) is 39.7 Å². The van der Waals surface area contributed by atoms with E-state index in [2.05, 4.69) is 39.1 Å². The van der Waals surface area contributed by atoms with Crippen LogP contribution in [0, 0.1) is 5.92 Å². The number of hydrogen-bond donors (Lipinski definition) is 1. The number of ether oxygens (including phenoxy) is 2. The Morgan fingerprint density at radius 2 is 1.91 bits per heavy atom. The zero-order chi connectivity index (χ0) is 31.6. The molecule has 0 bridgehead atoms. The summed E-state index contributed by atoms with van der Waals surface area (Å²) >= 11 is 0. The molecule has 9 nitrogen and oxygen atoms in total. The predicted molar refractivity (Wildman–Crippen MR) is 160 cm³/mol. The third-order valence-corrected chi connectivity index (χ3v) is 7.20. The third-order valence-electron chi connectivity index (χ3n) is 7.20. The minimum absolute atomic E-state index is 0.00283. The summed E-state index contributed by atoms with van der Waals surface area (Å²) in [4.78, 5) is 31.4. The number of fused-ring (bicyclic) bond motifs is 1. The number of aromatic nitrogens is 1. The quantitative estimate of drug-likeness (QED) is 0.157. The average molecular weight is 604 g/mol. The second-order valence-corrected chi connectivity index (χ2v) is 10.6. The first-order valence-electron chi connectivity index (χ1n) is 14.5. The first kappa shape index (κ1) is 33.5. The van der Waals surface area contributed by atoms with Crippen LogP contribution in [0.1, 0.15) is 87.0 Å².